The van der Waals surface area contributed by atoms with Crippen molar-refractivity contribution in [3.63, 3.8) is 0 Å². The van der Waals surface area contributed by atoms with Gasteiger partial charge in [0.2, 0.25) is 0 Å². The molecule has 0 saturated heterocycles. The molecule has 0 aromatic heterocycles. The minimum absolute atomic E-state index is 0.0495. The van der Waals surface area contributed by atoms with Crippen LogP contribution in [0, 0.1) is 0 Å². The van der Waals surface area contributed by atoms with Gasteiger partial charge in [0.05, 0.1) is 26.4 Å². The lowest BCUT2D eigenvalue weighted by atomic mass is 10.0. The molecule has 0 fully saturated rings. The lowest BCUT2D eigenvalue weighted by Crippen LogP contribution is -2.29. The van der Waals surface area contributed by atoms with E-state index in [0.29, 0.717) is 6.61 Å². The smallest absolute Gasteiger partial charge is 0.457 e. The molecule has 9 nitrogen and oxygen atoms in total. The van der Waals surface area contributed by atoms with E-state index in [1.165, 1.54) is 167 Å². The number of esters is 1. The fourth-order valence-electron chi connectivity index (χ4n) is 6.92. The molecule has 0 rings (SSSR count). The second-order valence-electron chi connectivity index (χ2n) is 16.5. The van der Waals surface area contributed by atoms with Crippen LogP contribution < -0.4 is 0 Å². The molecule has 10 heteroatoms. The van der Waals surface area contributed by atoms with Gasteiger partial charge in [-0.05, 0) is 44.9 Å². The number of rotatable bonds is 47. The molecule has 0 aromatic rings. The molecule has 0 aliphatic heterocycles. The number of phosphoric ester groups is 1. The van der Waals surface area contributed by atoms with Gasteiger partial charge in [-0.3, -0.25) is 13.8 Å². The summed E-state index contributed by atoms with van der Waals surface area (Å²) in [5, 5.41) is 18.4. The molecule has 58 heavy (non-hydrogen) atoms. The van der Waals surface area contributed by atoms with Crippen molar-refractivity contribution >= 4 is 13.8 Å². The van der Waals surface area contributed by atoms with Crippen LogP contribution in [0.1, 0.15) is 232 Å². The lowest BCUT2D eigenvalue weighted by molar-refractivity contribution is -0.154. The Morgan fingerprint density at radius 2 is 0.931 bits per heavy atom. The number of carbonyl (C=O) groups excluding carboxylic acids is 1. The van der Waals surface area contributed by atoms with E-state index in [1.54, 1.807) is 0 Å². The maximum absolute atomic E-state index is 12.7. The summed E-state index contributed by atoms with van der Waals surface area (Å²) in [5.74, 6) is -0.380. The van der Waals surface area contributed by atoms with E-state index in [0.717, 1.165) is 44.9 Å². The zero-order chi connectivity index (χ0) is 42.5. The van der Waals surface area contributed by atoms with Gasteiger partial charge in [0, 0.05) is 13.0 Å². The maximum Gasteiger partial charge on any atom is 0.472 e. The normalized spacial score (nSPS) is 14.1. The second kappa shape index (κ2) is 45.5. The van der Waals surface area contributed by atoms with Crippen molar-refractivity contribution in [2.75, 3.05) is 33.0 Å². The number of allylic oxidation sites excluding steroid dienone is 4. The molecule has 0 bridgehead atoms. The van der Waals surface area contributed by atoms with Crippen molar-refractivity contribution in [3.8, 4) is 0 Å². The van der Waals surface area contributed by atoms with Gasteiger partial charge in [-0.25, -0.2) is 4.57 Å². The number of aliphatic hydroxyl groups is 2. The minimum atomic E-state index is -4.52. The molecule has 0 radical (unpaired) electrons. The van der Waals surface area contributed by atoms with E-state index in [-0.39, 0.29) is 25.6 Å². The van der Waals surface area contributed by atoms with Crippen LogP contribution in [0.2, 0.25) is 0 Å². The molecule has 344 valence electrons. The average molecular weight is 845 g/mol. The number of aliphatic hydroxyl groups excluding tert-OH is 2. The molecular weight excluding hydrogens is 751 g/mol. The second-order valence-corrected chi connectivity index (χ2v) is 17.9. The Morgan fingerprint density at radius 1 is 0.534 bits per heavy atom. The van der Waals surface area contributed by atoms with E-state index >= 15 is 0 Å². The van der Waals surface area contributed by atoms with Crippen LogP contribution in [0.5, 0.6) is 0 Å². The van der Waals surface area contributed by atoms with Gasteiger partial charge < -0.3 is 24.6 Å². The highest BCUT2D eigenvalue weighted by Gasteiger charge is 2.26. The fourth-order valence-corrected chi connectivity index (χ4v) is 7.71. The van der Waals surface area contributed by atoms with Crippen LogP contribution in [-0.2, 0) is 27.9 Å². The third-order valence-electron chi connectivity index (χ3n) is 10.6. The van der Waals surface area contributed by atoms with E-state index in [9.17, 15) is 19.4 Å². The first-order chi connectivity index (χ1) is 28.3. The van der Waals surface area contributed by atoms with Crippen molar-refractivity contribution in [2.45, 2.75) is 244 Å². The summed E-state index contributed by atoms with van der Waals surface area (Å²) in [6, 6.07) is 0. The predicted molar refractivity (Wildman–Crippen MR) is 242 cm³/mol. The first-order valence-electron chi connectivity index (χ1n) is 24.3. The first kappa shape index (κ1) is 56.9. The van der Waals surface area contributed by atoms with Crippen molar-refractivity contribution in [1.82, 2.24) is 0 Å². The molecule has 0 amide bonds. The van der Waals surface area contributed by atoms with Crippen LogP contribution in [0.3, 0.4) is 0 Å². The van der Waals surface area contributed by atoms with E-state index in [4.69, 9.17) is 23.6 Å². The van der Waals surface area contributed by atoms with Gasteiger partial charge in [-0.1, -0.05) is 205 Å². The number of ether oxygens (including phenoxy) is 2. The summed E-state index contributed by atoms with van der Waals surface area (Å²) in [6.07, 6.45) is 48.5. The lowest BCUT2D eigenvalue weighted by Gasteiger charge is -2.20. The highest BCUT2D eigenvalue weighted by molar-refractivity contribution is 7.47. The van der Waals surface area contributed by atoms with E-state index in [1.807, 2.05) is 0 Å². The summed E-state index contributed by atoms with van der Waals surface area (Å²) in [7, 11) is -4.52. The summed E-state index contributed by atoms with van der Waals surface area (Å²) in [6.45, 7) is 3.54. The number of carbonyl (C=O) groups is 1. The molecule has 3 atom stereocenters. The fraction of sp³-hybridized carbons (Fsp3) is 0.896. The van der Waals surface area contributed by atoms with Crippen LogP contribution in [0.25, 0.3) is 0 Å². The molecule has 0 saturated carbocycles. The van der Waals surface area contributed by atoms with E-state index < -0.39 is 33.2 Å². The van der Waals surface area contributed by atoms with Crippen LogP contribution in [0.4, 0.5) is 0 Å². The molecule has 3 unspecified atom stereocenters. The van der Waals surface area contributed by atoms with Gasteiger partial charge in [-0.2, -0.15) is 0 Å². The van der Waals surface area contributed by atoms with Crippen molar-refractivity contribution in [2.24, 2.45) is 0 Å². The molecule has 0 aliphatic rings. The molecule has 0 heterocycles. The number of unbranched alkanes of at least 4 members (excludes halogenated alkanes) is 29. The van der Waals surface area contributed by atoms with E-state index in [2.05, 4.69) is 38.2 Å². The summed E-state index contributed by atoms with van der Waals surface area (Å²) < 4.78 is 33.5. The van der Waals surface area contributed by atoms with Crippen molar-refractivity contribution in [1.29, 1.82) is 0 Å². The monoisotopic (exact) mass is 845 g/mol. The molecule has 0 aliphatic carbocycles. The zero-order valence-corrected chi connectivity index (χ0v) is 38.7. The van der Waals surface area contributed by atoms with Gasteiger partial charge in [-0.15, -0.1) is 0 Å². The van der Waals surface area contributed by atoms with Crippen molar-refractivity contribution in [3.05, 3.63) is 24.3 Å². The Balaban J connectivity index is 4.09. The van der Waals surface area contributed by atoms with Gasteiger partial charge in [0.25, 0.3) is 0 Å². The van der Waals surface area contributed by atoms with Crippen LogP contribution >= 0.6 is 7.82 Å². The highest BCUT2D eigenvalue weighted by Crippen LogP contribution is 2.43. The molecule has 3 N–H and O–H groups in total. The van der Waals surface area contributed by atoms with Crippen LogP contribution in [-0.4, -0.2) is 66.3 Å². The van der Waals surface area contributed by atoms with Crippen molar-refractivity contribution < 1.29 is 43.0 Å². The van der Waals surface area contributed by atoms with Gasteiger partial charge >= 0.3 is 13.8 Å². The predicted octanol–water partition coefficient (Wildman–Crippen LogP) is 13.8. The Morgan fingerprint density at radius 3 is 1.40 bits per heavy atom. The SMILES string of the molecule is CCCCCC/C=C\C/C=C\CCCCCCCCCCOCC(COP(=O)(O)OCC(O)CO)OC(=O)CCCCCCCCCCCCCCCCCCCC. The number of phosphoric acid groups is 1. The average Bonchev–Trinajstić information content (AvgIpc) is 3.21. The van der Waals surface area contributed by atoms with Crippen LogP contribution in [0.15, 0.2) is 24.3 Å². The number of hydrogen-bond donors (Lipinski definition) is 3. The quantitative estimate of drug-likeness (QED) is 0.0237. The maximum atomic E-state index is 12.7. The molecular formula is C48H93O9P. The minimum Gasteiger partial charge on any atom is -0.457 e. The first-order valence-corrected chi connectivity index (χ1v) is 25.8. The zero-order valence-electron chi connectivity index (χ0n) is 37.8. The Kier molecular flexibility index (Phi) is 44.6. The third kappa shape index (κ3) is 44.5. The Labute approximate surface area is 357 Å². The third-order valence-corrected chi connectivity index (χ3v) is 11.6. The Hall–Kier alpha value is -1.06. The number of hydrogen-bond acceptors (Lipinski definition) is 8. The topological polar surface area (TPSA) is 132 Å². The molecule has 0 spiro atoms. The largest absolute Gasteiger partial charge is 0.472 e. The van der Waals surface area contributed by atoms with Gasteiger partial charge in [0.1, 0.15) is 12.2 Å². The summed E-state index contributed by atoms with van der Waals surface area (Å²) in [5.41, 5.74) is 0. The summed E-state index contributed by atoms with van der Waals surface area (Å²) >= 11 is 0. The van der Waals surface area contributed by atoms with Gasteiger partial charge in [0.15, 0.2) is 0 Å². The standard InChI is InChI=1S/C48H93O9P/c1-3-5-7-9-11-13-15-17-19-21-23-25-27-29-31-33-35-37-39-41-54-44-47(45-56-58(52,53)55-43-46(50)42-49)57-48(51)40-38-36-34-32-30-28-26-24-22-20-18-16-14-12-10-8-6-4-2/h13,15,19,21,46-47,49-50H,3-12,14,16-18,20,22-45H2,1-2H3,(H,52,53)/b15-13-,21-19-. The highest BCUT2D eigenvalue weighted by atomic mass is 31.2. The summed E-state index contributed by atoms with van der Waals surface area (Å²) in [4.78, 5) is 22.7. The Bertz CT molecular complexity index is 959. The molecule has 0 aromatic carbocycles.